The van der Waals surface area contributed by atoms with Gasteiger partial charge >= 0.3 is 5.69 Å². The van der Waals surface area contributed by atoms with E-state index in [-0.39, 0.29) is 17.4 Å². The number of amides is 1. The SMILES string of the molecule is Nc1c(C(=O)NC2CCN(c3ccccc3)C2)[nH]c(=O)[nH]c1=O. The van der Waals surface area contributed by atoms with E-state index >= 15 is 0 Å². The lowest BCUT2D eigenvalue weighted by Gasteiger charge is -2.19. The third-order valence-electron chi connectivity index (χ3n) is 3.85. The Labute approximate surface area is 131 Å². The van der Waals surface area contributed by atoms with Crippen molar-refractivity contribution in [2.24, 2.45) is 0 Å². The molecule has 1 aliphatic rings. The Hall–Kier alpha value is -3.03. The number of hydrogen-bond acceptors (Lipinski definition) is 5. The highest BCUT2D eigenvalue weighted by molar-refractivity contribution is 5.97. The molecule has 0 spiro atoms. The van der Waals surface area contributed by atoms with Gasteiger partial charge in [-0.15, -0.1) is 0 Å². The number of anilines is 2. The summed E-state index contributed by atoms with van der Waals surface area (Å²) in [5, 5.41) is 2.81. The highest BCUT2D eigenvalue weighted by atomic mass is 16.2. The van der Waals surface area contributed by atoms with Crippen LogP contribution in [-0.4, -0.2) is 35.0 Å². The molecule has 0 aliphatic carbocycles. The maximum absolute atomic E-state index is 12.2. The van der Waals surface area contributed by atoms with Crippen LogP contribution in [0.25, 0.3) is 0 Å². The lowest BCUT2D eigenvalue weighted by molar-refractivity contribution is 0.0935. The second-order valence-electron chi connectivity index (χ2n) is 5.44. The van der Waals surface area contributed by atoms with Crippen molar-refractivity contribution in [3.8, 4) is 0 Å². The number of aromatic nitrogens is 2. The number of H-pyrrole nitrogens is 2. The number of benzene rings is 1. The number of para-hydroxylation sites is 1. The molecule has 1 aromatic carbocycles. The Kier molecular flexibility index (Phi) is 3.88. The van der Waals surface area contributed by atoms with Crippen LogP contribution in [0.1, 0.15) is 16.9 Å². The van der Waals surface area contributed by atoms with Crippen molar-refractivity contribution in [2.75, 3.05) is 23.7 Å². The summed E-state index contributed by atoms with van der Waals surface area (Å²) in [7, 11) is 0. The number of nitrogen functional groups attached to an aromatic ring is 1. The molecule has 3 rings (SSSR count). The van der Waals surface area contributed by atoms with Crippen LogP contribution in [0.15, 0.2) is 39.9 Å². The van der Waals surface area contributed by atoms with Crippen LogP contribution < -0.4 is 27.2 Å². The minimum absolute atomic E-state index is 0.0788. The largest absolute Gasteiger partial charge is 0.392 e. The number of carbonyl (C=O) groups excluding carboxylic acids is 1. The van der Waals surface area contributed by atoms with Gasteiger partial charge in [-0.05, 0) is 18.6 Å². The van der Waals surface area contributed by atoms with Gasteiger partial charge in [0.25, 0.3) is 11.5 Å². The smallest absolute Gasteiger partial charge is 0.326 e. The number of carbonyl (C=O) groups is 1. The van der Waals surface area contributed by atoms with Crippen LogP contribution in [0.3, 0.4) is 0 Å². The number of rotatable bonds is 3. The maximum atomic E-state index is 12.2. The van der Waals surface area contributed by atoms with E-state index in [0.29, 0.717) is 6.54 Å². The third kappa shape index (κ3) is 3.10. The second kappa shape index (κ2) is 5.99. The van der Waals surface area contributed by atoms with Gasteiger partial charge in [-0.2, -0.15) is 0 Å². The number of nitrogens with two attached hydrogens (primary N) is 1. The van der Waals surface area contributed by atoms with Crippen molar-refractivity contribution in [1.29, 1.82) is 0 Å². The fourth-order valence-corrected chi connectivity index (χ4v) is 2.68. The van der Waals surface area contributed by atoms with Gasteiger partial charge in [0, 0.05) is 24.8 Å². The number of aromatic amines is 2. The van der Waals surface area contributed by atoms with Crippen molar-refractivity contribution in [2.45, 2.75) is 12.5 Å². The molecule has 0 radical (unpaired) electrons. The predicted molar refractivity (Wildman–Crippen MR) is 86.6 cm³/mol. The van der Waals surface area contributed by atoms with E-state index in [4.69, 9.17) is 5.73 Å². The molecule has 8 heteroatoms. The minimum Gasteiger partial charge on any atom is -0.392 e. The van der Waals surface area contributed by atoms with Crippen LogP contribution in [0.2, 0.25) is 0 Å². The van der Waals surface area contributed by atoms with Crippen LogP contribution >= 0.6 is 0 Å². The highest BCUT2D eigenvalue weighted by Crippen LogP contribution is 2.19. The molecular weight excluding hydrogens is 298 g/mol. The van der Waals surface area contributed by atoms with Gasteiger partial charge < -0.3 is 20.9 Å². The zero-order valence-corrected chi connectivity index (χ0v) is 12.3. The molecule has 1 atom stereocenters. The van der Waals surface area contributed by atoms with Gasteiger partial charge in [-0.1, -0.05) is 18.2 Å². The fraction of sp³-hybridized carbons (Fsp3) is 0.267. The Bertz CT molecular complexity index is 827. The highest BCUT2D eigenvalue weighted by Gasteiger charge is 2.25. The Morgan fingerprint density at radius 3 is 2.70 bits per heavy atom. The first kappa shape index (κ1) is 14.9. The lowest BCUT2D eigenvalue weighted by Crippen LogP contribution is -2.40. The first-order valence-corrected chi connectivity index (χ1v) is 7.27. The molecule has 2 aromatic rings. The summed E-state index contributed by atoms with van der Waals surface area (Å²) in [6, 6.07) is 9.81. The Morgan fingerprint density at radius 2 is 1.96 bits per heavy atom. The van der Waals surface area contributed by atoms with Crippen LogP contribution in [0, 0.1) is 0 Å². The van der Waals surface area contributed by atoms with Crippen molar-refractivity contribution in [1.82, 2.24) is 15.3 Å². The normalized spacial score (nSPS) is 17.2. The van der Waals surface area contributed by atoms with Crippen molar-refractivity contribution in [3.05, 3.63) is 56.9 Å². The van der Waals surface area contributed by atoms with Crippen LogP contribution in [-0.2, 0) is 0 Å². The van der Waals surface area contributed by atoms with Gasteiger partial charge in [0.1, 0.15) is 11.4 Å². The summed E-state index contributed by atoms with van der Waals surface area (Å²) in [6.07, 6.45) is 0.772. The van der Waals surface area contributed by atoms with Crippen molar-refractivity contribution in [3.63, 3.8) is 0 Å². The number of hydrogen-bond donors (Lipinski definition) is 4. The summed E-state index contributed by atoms with van der Waals surface area (Å²) in [6.45, 7) is 1.47. The van der Waals surface area contributed by atoms with Gasteiger partial charge in [0.15, 0.2) is 0 Å². The number of nitrogens with one attached hydrogen (secondary N) is 3. The molecule has 2 heterocycles. The fourth-order valence-electron chi connectivity index (χ4n) is 2.68. The average molecular weight is 315 g/mol. The predicted octanol–water partition coefficient (Wildman–Crippen LogP) is -0.346. The maximum Gasteiger partial charge on any atom is 0.326 e. The van der Waals surface area contributed by atoms with E-state index in [9.17, 15) is 14.4 Å². The zero-order valence-electron chi connectivity index (χ0n) is 12.3. The molecule has 1 aromatic heterocycles. The zero-order chi connectivity index (χ0) is 16.4. The molecule has 23 heavy (non-hydrogen) atoms. The molecular formula is C15H17N5O3. The molecule has 1 amide bonds. The average Bonchev–Trinajstić information content (AvgIpc) is 3.00. The van der Waals surface area contributed by atoms with E-state index in [1.165, 1.54) is 0 Å². The van der Waals surface area contributed by atoms with Crippen LogP contribution in [0.4, 0.5) is 11.4 Å². The topological polar surface area (TPSA) is 124 Å². The molecule has 1 saturated heterocycles. The molecule has 0 bridgehead atoms. The Morgan fingerprint density at radius 1 is 1.22 bits per heavy atom. The first-order valence-electron chi connectivity index (χ1n) is 7.27. The number of nitrogens with zero attached hydrogens (tertiary/aromatic N) is 1. The van der Waals surface area contributed by atoms with E-state index in [2.05, 4.69) is 15.2 Å². The standard InChI is InChI=1S/C15H17N5O3/c16-11-12(18-15(23)19-13(11)21)14(22)17-9-6-7-20(8-9)10-4-2-1-3-5-10/h1-5,9H,6-8,16H2,(H,17,22)(H2,18,19,21,23). The van der Waals surface area contributed by atoms with Gasteiger partial charge in [0.05, 0.1) is 0 Å². The molecule has 0 saturated carbocycles. The van der Waals surface area contributed by atoms with Gasteiger partial charge in [0.2, 0.25) is 0 Å². The van der Waals surface area contributed by atoms with E-state index in [1.807, 2.05) is 35.3 Å². The van der Waals surface area contributed by atoms with E-state index in [1.54, 1.807) is 0 Å². The van der Waals surface area contributed by atoms with E-state index in [0.717, 1.165) is 18.7 Å². The summed E-state index contributed by atoms with van der Waals surface area (Å²) in [4.78, 5) is 41.4. The Balaban J connectivity index is 1.70. The van der Waals surface area contributed by atoms with Crippen LogP contribution in [0.5, 0.6) is 0 Å². The molecule has 8 nitrogen and oxygen atoms in total. The molecule has 1 fully saturated rings. The second-order valence-corrected chi connectivity index (χ2v) is 5.44. The van der Waals surface area contributed by atoms with Gasteiger partial charge in [-0.25, -0.2) is 4.79 Å². The summed E-state index contributed by atoms with van der Waals surface area (Å²) < 4.78 is 0. The minimum atomic E-state index is -0.767. The van der Waals surface area contributed by atoms with E-state index < -0.39 is 17.2 Å². The quantitative estimate of drug-likeness (QED) is 0.616. The monoisotopic (exact) mass is 315 g/mol. The first-order chi connectivity index (χ1) is 11.0. The molecule has 1 unspecified atom stereocenters. The molecule has 1 aliphatic heterocycles. The summed E-state index contributed by atoms with van der Waals surface area (Å²) in [5.74, 6) is -0.550. The summed E-state index contributed by atoms with van der Waals surface area (Å²) in [5.41, 5.74) is 4.64. The van der Waals surface area contributed by atoms with Crippen molar-refractivity contribution < 1.29 is 4.79 Å². The lowest BCUT2D eigenvalue weighted by atomic mass is 10.2. The molecule has 5 N–H and O–H groups in total. The summed E-state index contributed by atoms with van der Waals surface area (Å²) >= 11 is 0. The van der Waals surface area contributed by atoms with Crippen molar-refractivity contribution >= 4 is 17.3 Å². The van der Waals surface area contributed by atoms with Gasteiger partial charge in [-0.3, -0.25) is 14.6 Å². The third-order valence-corrected chi connectivity index (χ3v) is 3.85. The molecule has 120 valence electrons.